The first-order valence-electron chi connectivity index (χ1n) is 5.70. The molecule has 6 heteroatoms. The lowest BCUT2D eigenvalue weighted by molar-refractivity contribution is 0.340. The van der Waals surface area contributed by atoms with Gasteiger partial charge in [-0.1, -0.05) is 16.8 Å². The zero-order valence-corrected chi connectivity index (χ0v) is 10.8. The molecule has 0 bridgehead atoms. The Morgan fingerprint density at radius 3 is 2.94 bits per heavy atom. The molecule has 0 radical (unpaired) electrons. The number of halogens is 1. The van der Waals surface area contributed by atoms with Crippen LogP contribution in [0.4, 0.5) is 0 Å². The van der Waals surface area contributed by atoms with Crippen molar-refractivity contribution in [1.82, 2.24) is 10.1 Å². The maximum atomic E-state index is 6.09. The van der Waals surface area contributed by atoms with Gasteiger partial charge >= 0.3 is 0 Å². The van der Waals surface area contributed by atoms with Crippen LogP contribution < -0.4 is 10.5 Å². The zero-order valence-electron chi connectivity index (χ0n) is 10.0. The summed E-state index contributed by atoms with van der Waals surface area (Å²) in [5.74, 6) is 1.68. The van der Waals surface area contributed by atoms with E-state index in [4.69, 9.17) is 26.6 Å². The zero-order chi connectivity index (χ0) is 13.0. The first-order valence-corrected chi connectivity index (χ1v) is 6.07. The van der Waals surface area contributed by atoms with Crippen molar-refractivity contribution < 1.29 is 9.26 Å². The average molecular weight is 268 g/mol. The van der Waals surface area contributed by atoms with E-state index in [0.29, 0.717) is 42.1 Å². The van der Waals surface area contributed by atoms with Crippen molar-refractivity contribution >= 4 is 11.6 Å². The van der Waals surface area contributed by atoms with Gasteiger partial charge in [-0.3, -0.25) is 0 Å². The third-order valence-electron chi connectivity index (χ3n) is 2.32. The Morgan fingerprint density at radius 2 is 2.28 bits per heavy atom. The van der Waals surface area contributed by atoms with Gasteiger partial charge in [-0.25, -0.2) is 0 Å². The van der Waals surface area contributed by atoms with Crippen LogP contribution in [-0.2, 0) is 6.42 Å². The quantitative estimate of drug-likeness (QED) is 0.900. The summed E-state index contributed by atoms with van der Waals surface area (Å²) < 4.78 is 10.4. The molecule has 0 fully saturated rings. The maximum absolute atomic E-state index is 6.09. The highest BCUT2D eigenvalue weighted by Crippen LogP contribution is 2.29. The summed E-state index contributed by atoms with van der Waals surface area (Å²) in [5.41, 5.74) is 6.21. The molecule has 18 heavy (non-hydrogen) atoms. The number of hydrogen-bond acceptors (Lipinski definition) is 5. The van der Waals surface area contributed by atoms with Crippen LogP contribution >= 0.6 is 11.6 Å². The van der Waals surface area contributed by atoms with Crippen LogP contribution in [0.3, 0.4) is 0 Å². The van der Waals surface area contributed by atoms with Gasteiger partial charge in [0.2, 0.25) is 11.7 Å². The van der Waals surface area contributed by atoms with Crippen LogP contribution in [0.15, 0.2) is 22.7 Å². The lowest BCUT2D eigenvalue weighted by Crippen LogP contribution is -2.02. The van der Waals surface area contributed by atoms with Crippen LogP contribution in [0.5, 0.6) is 5.75 Å². The molecule has 0 unspecified atom stereocenters. The molecule has 0 spiro atoms. The van der Waals surface area contributed by atoms with E-state index in [1.807, 2.05) is 13.0 Å². The van der Waals surface area contributed by atoms with Crippen LogP contribution in [0.2, 0.25) is 5.02 Å². The van der Waals surface area contributed by atoms with E-state index in [1.165, 1.54) is 0 Å². The van der Waals surface area contributed by atoms with Gasteiger partial charge < -0.3 is 15.0 Å². The topological polar surface area (TPSA) is 74.2 Å². The second kappa shape index (κ2) is 5.84. The van der Waals surface area contributed by atoms with Gasteiger partial charge in [0.1, 0.15) is 5.75 Å². The third kappa shape index (κ3) is 2.80. The first-order chi connectivity index (χ1) is 8.74. The largest absolute Gasteiger partial charge is 0.492 e. The fourth-order valence-electron chi connectivity index (χ4n) is 1.51. The summed E-state index contributed by atoms with van der Waals surface area (Å²) in [6, 6.07) is 5.39. The lowest BCUT2D eigenvalue weighted by Gasteiger charge is -2.05. The van der Waals surface area contributed by atoms with E-state index in [-0.39, 0.29) is 0 Å². The van der Waals surface area contributed by atoms with Crippen molar-refractivity contribution in [2.45, 2.75) is 13.3 Å². The van der Waals surface area contributed by atoms with Gasteiger partial charge in [-0.2, -0.15) is 4.98 Å². The number of nitrogens with two attached hydrogens (primary N) is 1. The molecule has 2 N–H and O–H groups in total. The molecule has 1 heterocycles. The van der Waals surface area contributed by atoms with Crippen molar-refractivity contribution in [3.05, 3.63) is 29.1 Å². The van der Waals surface area contributed by atoms with Crippen LogP contribution in [0, 0.1) is 0 Å². The summed E-state index contributed by atoms with van der Waals surface area (Å²) in [4.78, 5) is 4.23. The second-order valence-corrected chi connectivity index (χ2v) is 4.04. The molecule has 0 aliphatic carbocycles. The Labute approximate surface area is 110 Å². The molecular formula is C12H14ClN3O2. The Bertz CT molecular complexity index is 528. The smallest absolute Gasteiger partial charge is 0.228 e. The number of benzene rings is 1. The molecule has 2 rings (SSSR count). The number of aromatic nitrogens is 2. The fourth-order valence-corrected chi connectivity index (χ4v) is 1.74. The van der Waals surface area contributed by atoms with Crippen molar-refractivity contribution in [3.63, 3.8) is 0 Å². The van der Waals surface area contributed by atoms with Gasteiger partial charge in [0.05, 0.1) is 11.6 Å². The predicted molar refractivity (Wildman–Crippen MR) is 68.7 cm³/mol. The summed E-state index contributed by atoms with van der Waals surface area (Å²) in [6.45, 7) is 2.95. The van der Waals surface area contributed by atoms with E-state index < -0.39 is 0 Å². The highest BCUT2D eigenvalue weighted by atomic mass is 35.5. The second-order valence-electron chi connectivity index (χ2n) is 3.63. The molecule has 2 aromatic rings. The Hall–Kier alpha value is -1.59. The van der Waals surface area contributed by atoms with Crippen LogP contribution in [-0.4, -0.2) is 23.3 Å². The van der Waals surface area contributed by atoms with E-state index in [0.717, 1.165) is 5.56 Å². The van der Waals surface area contributed by atoms with Crippen molar-refractivity contribution in [3.8, 4) is 17.1 Å². The fraction of sp³-hybridized carbons (Fsp3) is 0.333. The summed E-state index contributed by atoms with van der Waals surface area (Å²) in [7, 11) is 0. The van der Waals surface area contributed by atoms with Gasteiger partial charge in [-0.15, -0.1) is 0 Å². The maximum Gasteiger partial charge on any atom is 0.228 e. The molecule has 0 aliphatic rings. The standard InChI is InChI=1S/C12H14ClN3O2/c1-2-17-10-4-3-8(7-9(10)13)12-15-11(5-6-14)18-16-12/h3-4,7H,2,5-6,14H2,1H3. The van der Waals surface area contributed by atoms with Gasteiger partial charge in [0, 0.05) is 18.5 Å². The highest BCUT2D eigenvalue weighted by molar-refractivity contribution is 6.32. The summed E-state index contributed by atoms with van der Waals surface area (Å²) in [6.07, 6.45) is 0.567. The molecule has 0 aliphatic heterocycles. The minimum atomic E-state index is 0.478. The van der Waals surface area contributed by atoms with Crippen molar-refractivity contribution in [2.24, 2.45) is 5.73 Å². The molecule has 0 saturated heterocycles. The normalized spacial score (nSPS) is 10.6. The highest BCUT2D eigenvalue weighted by Gasteiger charge is 2.10. The monoisotopic (exact) mass is 267 g/mol. The van der Waals surface area contributed by atoms with E-state index in [9.17, 15) is 0 Å². The summed E-state index contributed by atoms with van der Waals surface area (Å²) in [5, 5.41) is 4.41. The molecule has 0 amide bonds. The number of hydrogen-bond donors (Lipinski definition) is 1. The van der Waals surface area contributed by atoms with E-state index in [2.05, 4.69) is 10.1 Å². The molecule has 1 aromatic heterocycles. The van der Waals surface area contributed by atoms with Gasteiger partial charge in [-0.05, 0) is 25.1 Å². The Kier molecular flexibility index (Phi) is 4.17. The summed E-state index contributed by atoms with van der Waals surface area (Å²) >= 11 is 6.09. The molecular weight excluding hydrogens is 254 g/mol. The lowest BCUT2D eigenvalue weighted by atomic mass is 10.2. The molecule has 0 atom stereocenters. The average Bonchev–Trinajstić information content (AvgIpc) is 2.81. The Morgan fingerprint density at radius 1 is 1.44 bits per heavy atom. The Balaban J connectivity index is 2.24. The van der Waals surface area contributed by atoms with E-state index >= 15 is 0 Å². The molecule has 5 nitrogen and oxygen atoms in total. The number of ether oxygens (including phenoxy) is 1. The predicted octanol–water partition coefficient (Wildman–Crippen LogP) is 2.29. The minimum absolute atomic E-state index is 0.478. The third-order valence-corrected chi connectivity index (χ3v) is 2.61. The van der Waals surface area contributed by atoms with E-state index in [1.54, 1.807) is 12.1 Å². The molecule has 1 aromatic carbocycles. The minimum Gasteiger partial charge on any atom is -0.492 e. The molecule has 0 saturated carbocycles. The molecule has 96 valence electrons. The van der Waals surface area contributed by atoms with Crippen molar-refractivity contribution in [1.29, 1.82) is 0 Å². The van der Waals surface area contributed by atoms with Crippen molar-refractivity contribution in [2.75, 3.05) is 13.2 Å². The van der Waals surface area contributed by atoms with Crippen LogP contribution in [0.1, 0.15) is 12.8 Å². The SMILES string of the molecule is CCOc1ccc(-c2noc(CCN)n2)cc1Cl. The first kappa shape index (κ1) is 12.9. The number of rotatable bonds is 5. The van der Waals surface area contributed by atoms with Gasteiger partial charge in [0.25, 0.3) is 0 Å². The number of nitrogens with zero attached hydrogens (tertiary/aromatic N) is 2. The van der Waals surface area contributed by atoms with Gasteiger partial charge in [0.15, 0.2) is 0 Å². The van der Waals surface area contributed by atoms with Crippen LogP contribution in [0.25, 0.3) is 11.4 Å².